The number of pyridine rings is 1. The number of rotatable bonds is 4. The van der Waals surface area contributed by atoms with Gasteiger partial charge in [0.1, 0.15) is 5.65 Å². The Morgan fingerprint density at radius 2 is 1.67 bits per heavy atom. The van der Waals surface area contributed by atoms with Gasteiger partial charge in [0.15, 0.2) is 0 Å². The number of hydrogen-bond donors (Lipinski definition) is 1. The van der Waals surface area contributed by atoms with Crippen molar-refractivity contribution in [2.45, 2.75) is 18.7 Å². The fourth-order valence-electron chi connectivity index (χ4n) is 2.96. The highest BCUT2D eigenvalue weighted by molar-refractivity contribution is 7.92. The number of anilines is 1. The Hall–Kier alpha value is -3.12. The fourth-order valence-corrected chi connectivity index (χ4v) is 4.01. The van der Waals surface area contributed by atoms with Crippen molar-refractivity contribution < 1.29 is 8.42 Å². The van der Waals surface area contributed by atoms with Crippen LogP contribution in [-0.4, -0.2) is 17.8 Å². The fraction of sp³-hybridized carbons (Fsp3) is 0.0952. The SMILES string of the molecule is Cc1ccc(S(=O)(=O)Nc2cccc(-c3cn4c(C)cccc4n3)c2)cc1. The van der Waals surface area contributed by atoms with Crippen LogP contribution in [0, 0.1) is 13.8 Å². The molecule has 0 bridgehead atoms. The molecule has 6 heteroatoms. The van der Waals surface area contributed by atoms with Crippen molar-refractivity contribution in [2.75, 3.05) is 4.72 Å². The van der Waals surface area contributed by atoms with Crippen molar-refractivity contribution in [1.29, 1.82) is 0 Å². The number of hydrogen-bond acceptors (Lipinski definition) is 3. The Bertz CT molecular complexity index is 1230. The number of benzene rings is 2. The maximum atomic E-state index is 12.6. The lowest BCUT2D eigenvalue weighted by molar-refractivity contribution is 0.601. The molecule has 1 N–H and O–H groups in total. The van der Waals surface area contributed by atoms with E-state index in [2.05, 4.69) is 9.71 Å². The monoisotopic (exact) mass is 377 g/mol. The highest BCUT2D eigenvalue weighted by Crippen LogP contribution is 2.25. The van der Waals surface area contributed by atoms with Gasteiger partial charge in [-0.25, -0.2) is 13.4 Å². The third-order valence-electron chi connectivity index (χ3n) is 4.44. The van der Waals surface area contributed by atoms with Crippen LogP contribution in [0.15, 0.2) is 77.8 Å². The van der Waals surface area contributed by atoms with Gasteiger partial charge in [0.05, 0.1) is 10.6 Å². The first kappa shape index (κ1) is 17.3. The minimum absolute atomic E-state index is 0.238. The summed E-state index contributed by atoms with van der Waals surface area (Å²) >= 11 is 0. The highest BCUT2D eigenvalue weighted by atomic mass is 32.2. The molecule has 0 spiro atoms. The van der Waals surface area contributed by atoms with E-state index in [1.54, 1.807) is 36.4 Å². The molecule has 2 aromatic carbocycles. The summed E-state index contributed by atoms with van der Waals surface area (Å²) in [5.74, 6) is 0. The smallest absolute Gasteiger partial charge is 0.261 e. The molecule has 0 radical (unpaired) electrons. The van der Waals surface area contributed by atoms with Gasteiger partial charge in [-0.15, -0.1) is 0 Å². The number of aromatic nitrogens is 2. The van der Waals surface area contributed by atoms with Crippen molar-refractivity contribution in [1.82, 2.24) is 9.38 Å². The van der Waals surface area contributed by atoms with E-state index in [-0.39, 0.29) is 4.90 Å². The number of sulfonamides is 1. The van der Waals surface area contributed by atoms with Gasteiger partial charge in [0.25, 0.3) is 10.0 Å². The molecule has 4 aromatic rings. The predicted molar refractivity (Wildman–Crippen MR) is 107 cm³/mol. The van der Waals surface area contributed by atoms with Crippen LogP contribution in [-0.2, 0) is 10.0 Å². The molecule has 5 nitrogen and oxygen atoms in total. The number of nitrogens with one attached hydrogen (secondary N) is 1. The number of imidazole rings is 1. The van der Waals surface area contributed by atoms with Crippen molar-refractivity contribution in [2.24, 2.45) is 0 Å². The van der Waals surface area contributed by atoms with Crippen LogP contribution in [0.5, 0.6) is 0 Å². The summed E-state index contributed by atoms with van der Waals surface area (Å²) in [5.41, 5.74) is 5.10. The molecule has 136 valence electrons. The van der Waals surface area contributed by atoms with Gasteiger partial charge in [-0.2, -0.15) is 0 Å². The lowest BCUT2D eigenvalue weighted by atomic mass is 10.1. The first-order valence-electron chi connectivity index (χ1n) is 8.57. The molecule has 27 heavy (non-hydrogen) atoms. The molecular weight excluding hydrogens is 358 g/mol. The molecule has 2 heterocycles. The van der Waals surface area contributed by atoms with Gasteiger partial charge >= 0.3 is 0 Å². The topological polar surface area (TPSA) is 63.5 Å². The molecule has 0 aliphatic carbocycles. The molecule has 0 atom stereocenters. The second-order valence-corrected chi connectivity index (χ2v) is 8.20. The predicted octanol–water partition coefficient (Wildman–Crippen LogP) is 4.42. The summed E-state index contributed by atoms with van der Waals surface area (Å²) in [5, 5.41) is 0. The van der Waals surface area contributed by atoms with Crippen LogP contribution in [0.25, 0.3) is 16.9 Å². The van der Waals surface area contributed by atoms with Crippen molar-refractivity contribution in [3.8, 4) is 11.3 Å². The zero-order chi connectivity index (χ0) is 19.0. The first-order valence-corrected chi connectivity index (χ1v) is 10.1. The van der Waals surface area contributed by atoms with Crippen LogP contribution < -0.4 is 4.72 Å². The Labute approximate surface area is 158 Å². The van der Waals surface area contributed by atoms with Crippen LogP contribution in [0.2, 0.25) is 0 Å². The maximum Gasteiger partial charge on any atom is 0.261 e. The van der Waals surface area contributed by atoms with E-state index in [0.29, 0.717) is 5.69 Å². The van der Waals surface area contributed by atoms with E-state index in [1.807, 2.05) is 54.8 Å². The standard InChI is InChI=1S/C21H19N3O2S/c1-15-9-11-19(12-10-15)27(25,26)23-18-7-4-6-17(13-18)20-14-24-16(2)5-3-8-21(24)22-20/h3-14,23H,1-2H3. The van der Waals surface area contributed by atoms with Gasteiger partial charge < -0.3 is 4.40 Å². The first-order chi connectivity index (χ1) is 12.9. The molecule has 2 aromatic heterocycles. The summed E-state index contributed by atoms with van der Waals surface area (Å²) in [6.45, 7) is 3.94. The number of nitrogens with zero attached hydrogens (tertiary/aromatic N) is 2. The van der Waals surface area contributed by atoms with Crippen LogP contribution in [0.4, 0.5) is 5.69 Å². The molecule has 4 rings (SSSR count). The minimum atomic E-state index is -3.64. The lowest BCUT2D eigenvalue weighted by Crippen LogP contribution is -2.12. The Morgan fingerprint density at radius 1 is 0.926 bits per heavy atom. The molecule has 0 fully saturated rings. The van der Waals surface area contributed by atoms with Crippen molar-refractivity contribution in [3.63, 3.8) is 0 Å². The summed E-state index contributed by atoms with van der Waals surface area (Å²) in [6, 6.07) is 20.0. The zero-order valence-corrected chi connectivity index (χ0v) is 15.9. The summed E-state index contributed by atoms with van der Waals surface area (Å²) < 4.78 is 29.9. The maximum absolute atomic E-state index is 12.6. The average Bonchev–Trinajstić information content (AvgIpc) is 3.08. The minimum Gasteiger partial charge on any atom is -0.304 e. The molecule has 0 unspecified atom stereocenters. The summed E-state index contributed by atoms with van der Waals surface area (Å²) in [6.07, 6.45) is 1.96. The van der Waals surface area contributed by atoms with E-state index >= 15 is 0 Å². The molecule has 0 saturated heterocycles. The third kappa shape index (κ3) is 3.44. The van der Waals surface area contributed by atoms with Crippen molar-refractivity contribution >= 4 is 21.4 Å². The quantitative estimate of drug-likeness (QED) is 0.573. The Balaban J connectivity index is 1.67. The van der Waals surface area contributed by atoms with Gasteiger partial charge in [0.2, 0.25) is 0 Å². The van der Waals surface area contributed by atoms with Gasteiger partial charge in [-0.3, -0.25) is 4.72 Å². The summed E-state index contributed by atoms with van der Waals surface area (Å²) in [7, 11) is -3.64. The molecular formula is C21H19N3O2S. The summed E-state index contributed by atoms with van der Waals surface area (Å²) in [4.78, 5) is 4.87. The molecule has 0 saturated carbocycles. The van der Waals surface area contributed by atoms with E-state index in [4.69, 9.17) is 0 Å². The van der Waals surface area contributed by atoms with E-state index in [1.165, 1.54) is 0 Å². The van der Waals surface area contributed by atoms with Gasteiger partial charge in [-0.1, -0.05) is 35.9 Å². The Morgan fingerprint density at radius 3 is 2.41 bits per heavy atom. The number of aryl methyl sites for hydroxylation is 2. The number of fused-ring (bicyclic) bond motifs is 1. The van der Waals surface area contributed by atoms with Crippen LogP contribution in [0.1, 0.15) is 11.3 Å². The van der Waals surface area contributed by atoms with Crippen LogP contribution in [0.3, 0.4) is 0 Å². The second kappa shape index (κ2) is 6.55. The highest BCUT2D eigenvalue weighted by Gasteiger charge is 2.14. The largest absolute Gasteiger partial charge is 0.304 e. The molecule has 0 aliphatic heterocycles. The van der Waals surface area contributed by atoms with E-state index < -0.39 is 10.0 Å². The van der Waals surface area contributed by atoms with Crippen molar-refractivity contribution in [3.05, 3.63) is 84.2 Å². The Kier molecular flexibility index (Phi) is 4.20. The zero-order valence-electron chi connectivity index (χ0n) is 15.0. The average molecular weight is 377 g/mol. The lowest BCUT2D eigenvalue weighted by Gasteiger charge is -2.09. The van der Waals surface area contributed by atoms with E-state index in [0.717, 1.165) is 28.2 Å². The molecule has 0 aliphatic rings. The third-order valence-corrected chi connectivity index (χ3v) is 5.83. The second-order valence-electron chi connectivity index (χ2n) is 6.52. The van der Waals surface area contributed by atoms with E-state index in [9.17, 15) is 8.42 Å². The van der Waals surface area contributed by atoms with Crippen LogP contribution >= 0.6 is 0 Å². The van der Waals surface area contributed by atoms with Gasteiger partial charge in [0, 0.05) is 23.1 Å². The molecule has 0 amide bonds. The normalized spacial score (nSPS) is 11.6. The van der Waals surface area contributed by atoms with Gasteiger partial charge in [-0.05, 0) is 50.2 Å².